The highest BCUT2D eigenvalue weighted by Gasteiger charge is 2.14. The lowest BCUT2D eigenvalue weighted by molar-refractivity contribution is 0.119. The number of pyridine rings is 1. The van der Waals surface area contributed by atoms with Crippen LogP contribution in [0, 0.1) is 0 Å². The van der Waals surface area contributed by atoms with Crippen molar-refractivity contribution in [2.45, 2.75) is 6.10 Å². The molecule has 0 saturated heterocycles. The van der Waals surface area contributed by atoms with Crippen molar-refractivity contribution >= 4 is 21.7 Å². The first-order chi connectivity index (χ1) is 8.20. The summed E-state index contributed by atoms with van der Waals surface area (Å²) in [5.74, 6) is 0.474. The van der Waals surface area contributed by atoms with E-state index in [0.717, 1.165) is 16.6 Å². The highest BCUT2D eigenvalue weighted by molar-refractivity contribution is 7.84. The van der Waals surface area contributed by atoms with Gasteiger partial charge in [0.2, 0.25) is 0 Å². The van der Waals surface area contributed by atoms with Gasteiger partial charge in [0.05, 0.1) is 17.0 Å². The molecule has 0 spiro atoms. The fraction of sp³-hybridized carbons (Fsp3) is 0.308. The monoisotopic (exact) mass is 249 g/mol. The average molecular weight is 249 g/mol. The summed E-state index contributed by atoms with van der Waals surface area (Å²) in [6.45, 7) is 0. The smallest absolute Gasteiger partial charge is 0.111 e. The van der Waals surface area contributed by atoms with Crippen molar-refractivity contribution < 1.29 is 8.95 Å². The SMILES string of the molecule is COC(CS(C)=O)c1ccc2ccccc2n1. The van der Waals surface area contributed by atoms with Crippen molar-refractivity contribution in [2.24, 2.45) is 0 Å². The molecular weight excluding hydrogens is 234 g/mol. The van der Waals surface area contributed by atoms with E-state index in [1.807, 2.05) is 36.4 Å². The van der Waals surface area contributed by atoms with Gasteiger partial charge in [-0.05, 0) is 12.1 Å². The molecule has 2 rings (SSSR count). The van der Waals surface area contributed by atoms with Gasteiger partial charge in [-0.3, -0.25) is 9.19 Å². The van der Waals surface area contributed by atoms with Gasteiger partial charge in [0.1, 0.15) is 6.10 Å². The topological polar surface area (TPSA) is 39.2 Å². The molecule has 0 amide bonds. The van der Waals surface area contributed by atoms with Crippen molar-refractivity contribution in [2.75, 3.05) is 19.1 Å². The molecule has 0 aliphatic heterocycles. The minimum Gasteiger partial charge on any atom is -0.374 e. The number of fused-ring (bicyclic) bond motifs is 1. The van der Waals surface area contributed by atoms with Crippen LogP contribution in [0.2, 0.25) is 0 Å². The molecule has 2 aromatic rings. The summed E-state index contributed by atoms with van der Waals surface area (Å²) in [7, 11) is 0.725. The lowest BCUT2D eigenvalue weighted by atomic mass is 10.1. The molecule has 0 fully saturated rings. The number of aromatic nitrogens is 1. The molecule has 0 aliphatic carbocycles. The van der Waals surface area contributed by atoms with Gasteiger partial charge in [0, 0.05) is 29.6 Å². The van der Waals surface area contributed by atoms with Crippen LogP contribution in [0.25, 0.3) is 10.9 Å². The van der Waals surface area contributed by atoms with E-state index in [4.69, 9.17) is 4.74 Å². The number of benzene rings is 1. The molecule has 0 aliphatic rings. The zero-order valence-corrected chi connectivity index (χ0v) is 10.7. The molecule has 4 heteroatoms. The van der Waals surface area contributed by atoms with E-state index in [2.05, 4.69) is 4.98 Å². The van der Waals surface area contributed by atoms with Crippen LogP contribution >= 0.6 is 0 Å². The number of hydrogen-bond acceptors (Lipinski definition) is 3. The Morgan fingerprint density at radius 1 is 1.29 bits per heavy atom. The molecule has 0 bridgehead atoms. The Bertz CT molecular complexity index is 542. The number of para-hydroxylation sites is 1. The summed E-state index contributed by atoms with van der Waals surface area (Å²) in [5, 5.41) is 1.10. The Labute approximate surface area is 103 Å². The standard InChI is InChI=1S/C13H15NO2S/c1-16-13(9-17(2)15)12-8-7-10-5-3-4-6-11(10)14-12/h3-8,13H,9H2,1-2H3. The van der Waals surface area contributed by atoms with Crippen LogP contribution in [0.5, 0.6) is 0 Å². The maximum atomic E-state index is 11.3. The van der Waals surface area contributed by atoms with Crippen LogP contribution in [-0.2, 0) is 15.5 Å². The zero-order chi connectivity index (χ0) is 12.3. The molecule has 1 heterocycles. The zero-order valence-electron chi connectivity index (χ0n) is 9.92. The first-order valence-corrected chi connectivity index (χ1v) is 7.12. The average Bonchev–Trinajstić information content (AvgIpc) is 2.35. The largest absolute Gasteiger partial charge is 0.374 e. The second-order valence-corrected chi connectivity index (χ2v) is 5.37. The number of nitrogens with zero attached hydrogens (tertiary/aromatic N) is 1. The molecule has 3 nitrogen and oxygen atoms in total. The van der Waals surface area contributed by atoms with Gasteiger partial charge in [-0.25, -0.2) is 0 Å². The van der Waals surface area contributed by atoms with Gasteiger partial charge in [-0.15, -0.1) is 0 Å². The van der Waals surface area contributed by atoms with Gasteiger partial charge >= 0.3 is 0 Å². The minimum atomic E-state index is -0.895. The molecule has 2 unspecified atom stereocenters. The van der Waals surface area contributed by atoms with Crippen LogP contribution < -0.4 is 0 Å². The molecular formula is C13H15NO2S. The highest BCUT2D eigenvalue weighted by atomic mass is 32.2. The van der Waals surface area contributed by atoms with Crippen LogP contribution in [-0.4, -0.2) is 28.3 Å². The van der Waals surface area contributed by atoms with Crippen LogP contribution in [0.3, 0.4) is 0 Å². The van der Waals surface area contributed by atoms with E-state index in [9.17, 15) is 4.21 Å². The second kappa shape index (κ2) is 5.38. The van der Waals surface area contributed by atoms with Gasteiger partial charge in [0.25, 0.3) is 0 Å². The van der Waals surface area contributed by atoms with E-state index in [1.54, 1.807) is 13.4 Å². The van der Waals surface area contributed by atoms with Crippen LogP contribution in [0.1, 0.15) is 11.8 Å². The van der Waals surface area contributed by atoms with E-state index >= 15 is 0 Å². The van der Waals surface area contributed by atoms with Gasteiger partial charge in [-0.1, -0.05) is 24.3 Å². The summed E-state index contributed by atoms with van der Waals surface area (Å²) < 4.78 is 16.6. The molecule has 0 N–H and O–H groups in total. The summed E-state index contributed by atoms with van der Waals surface area (Å²) in [4.78, 5) is 4.54. The van der Waals surface area contributed by atoms with E-state index in [0.29, 0.717) is 5.75 Å². The van der Waals surface area contributed by atoms with Crippen molar-refractivity contribution in [3.63, 3.8) is 0 Å². The molecule has 0 saturated carbocycles. The fourth-order valence-electron chi connectivity index (χ4n) is 1.75. The highest BCUT2D eigenvalue weighted by Crippen LogP contribution is 2.19. The van der Waals surface area contributed by atoms with Crippen molar-refractivity contribution in [1.29, 1.82) is 0 Å². The number of rotatable bonds is 4. The predicted octanol–water partition coefficient (Wildman–Crippen LogP) is 2.30. The van der Waals surface area contributed by atoms with Crippen molar-refractivity contribution in [3.05, 3.63) is 42.1 Å². The maximum absolute atomic E-state index is 11.3. The summed E-state index contributed by atoms with van der Waals surface area (Å²) in [5.41, 5.74) is 1.77. The van der Waals surface area contributed by atoms with E-state index < -0.39 is 10.8 Å². The summed E-state index contributed by atoms with van der Waals surface area (Å²) in [6.07, 6.45) is 1.47. The Hall–Kier alpha value is -1.26. The van der Waals surface area contributed by atoms with E-state index in [1.165, 1.54) is 0 Å². The van der Waals surface area contributed by atoms with E-state index in [-0.39, 0.29) is 6.10 Å². The summed E-state index contributed by atoms with van der Waals surface area (Å²) >= 11 is 0. The Morgan fingerprint density at radius 3 is 2.76 bits per heavy atom. The third kappa shape index (κ3) is 2.90. The third-order valence-electron chi connectivity index (χ3n) is 2.62. The first-order valence-electron chi connectivity index (χ1n) is 5.39. The first kappa shape index (κ1) is 12.2. The molecule has 0 radical (unpaired) electrons. The lowest BCUT2D eigenvalue weighted by Crippen LogP contribution is -2.12. The lowest BCUT2D eigenvalue weighted by Gasteiger charge is -2.13. The fourth-order valence-corrected chi connectivity index (χ4v) is 2.48. The third-order valence-corrected chi connectivity index (χ3v) is 3.39. The van der Waals surface area contributed by atoms with Gasteiger partial charge in [-0.2, -0.15) is 0 Å². The number of hydrogen-bond donors (Lipinski definition) is 0. The van der Waals surface area contributed by atoms with Crippen LogP contribution in [0.4, 0.5) is 0 Å². The van der Waals surface area contributed by atoms with Crippen molar-refractivity contribution in [1.82, 2.24) is 4.98 Å². The molecule has 17 heavy (non-hydrogen) atoms. The van der Waals surface area contributed by atoms with Crippen molar-refractivity contribution in [3.8, 4) is 0 Å². The normalized spacial score (nSPS) is 14.7. The number of methoxy groups -OCH3 is 1. The molecule has 90 valence electrons. The molecule has 2 atom stereocenters. The minimum absolute atomic E-state index is 0.203. The quantitative estimate of drug-likeness (QED) is 0.834. The second-order valence-electron chi connectivity index (χ2n) is 3.89. The summed E-state index contributed by atoms with van der Waals surface area (Å²) in [6, 6.07) is 11.9. The Balaban J connectivity index is 2.37. The van der Waals surface area contributed by atoms with Gasteiger partial charge < -0.3 is 4.74 Å². The Morgan fingerprint density at radius 2 is 2.06 bits per heavy atom. The number of ether oxygens (including phenoxy) is 1. The van der Waals surface area contributed by atoms with Gasteiger partial charge in [0.15, 0.2) is 0 Å². The molecule has 1 aromatic heterocycles. The van der Waals surface area contributed by atoms with Crippen LogP contribution in [0.15, 0.2) is 36.4 Å². The molecule has 1 aromatic carbocycles. The maximum Gasteiger partial charge on any atom is 0.111 e. The predicted molar refractivity (Wildman–Crippen MR) is 70.4 cm³/mol. The Kier molecular flexibility index (Phi) is 3.86.